The fourth-order valence-corrected chi connectivity index (χ4v) is 4.70. The van der Waals surface area contributed by atoms with Crippen LogP contribution in [0.2, 0.25) is 0 Å². The van der Waals surface area contributed by atoms with Gasteiger partial charge in [-0.05, 0) is 19.8 Å². The van der Waals surface area contributed by atoms with Crippen LogP contribution in [0.4, 0.5) is 13.2 Å². The lowest BCUT2D eigenvalue weighted by Crippen LogP contribution is -2.39. The number of rotatable bonds is 3. The first-order valence-corrected chi connectivity index (χ1v) is 9.54. The normalized spacial score (nSPS) is 19.8. The Morgan fingerprint density at radius 2 is 1.85 bits per heavy atom. The average Bonchev–Trinajstić information content (AvgIpc) is 3.11. The second-order valence-corrected chi connectivity index (χ2v) is 8.42. The van der Waals surface area contributed by atoms with Crippen molar-refractivity contribution in [3.8, 4) is 0 Å². The Balaban J connectivity index is 1.87. The lowest BCUT2D eigenvalue weighted by atomic mass is 9.99. The average molecular weight is 391 g/mol. The first-order valence-electron chi connectivity index (χ1n) is 8.10. The molecule has 1 saturated heterocycles. The largest absolute Gasteiger partial charge is 0.434 e. The first kappa shape index (κ1) is 18.9. The minimum Gasteiger partial charge on any atom is -0.337 e. The molecule has 144 valence electrons. The van der Waals surface area contributed by atoms with Crippen LogP contribution >= 0.6 is 0 Å². The zero-order chi connectivity index (χ0) is 19.3. The molecule has 1 atom stereocenters. The minimum atomic E-state index is -4.53. The van der Waals surface area contributed by atoms with Crippen LogP contribution in [0.1, 0.15) is 36.1 Å². The van der Waals surface area contributed by atoms with E-state index in [0.29, 0.717) is 25.2 Å². The zero-order valence-corrected chi connectivity index (χ0v) is 15.5. The summed E-state index contributed by atoms with van der Waals surface area (Å²) in [5, 5.41) is -0.0472. The van der Waals surface area contributed by atoms with E-state index in [1.165, 1.54) is 22.1 Å². The van der Waals surface area contributed by atoms with E-state index in [-0.39, 0.29) is 17.4 Å². The van der Waals surface area contributed by atoms with Crippen molar-refractivity contribution in [3.63, 3.8) is 0 Å². The Labute approximate surface area is 149 Å². The number of nitrogens with zero attached hydrogens (tertiary/aromatic N) is 5. The Bertz CT molecular complexity index is 897. The second kappa shape index (κ2) is 6.38. The predicted octanol–water partition coefficient (Wildman–Crippen LogP) is 2.05. The van der Waals surface area contributed by atoms with Gasteiger partial charge in [-0.1, -0.05) is 0 Å². The standard InChI is InChI=1S/C15H20F3N5O2S/c1-10-19-13(9-21(10)2)26(24,25)23-6-4-5-11(7-23)14-20-12(8-22(14)3)15(16,17)18/h8-9,11H,4-7H2,1-3H3. The molecule has 26 heavy (non-hydrogen) atoms. The van der Waals surface area contributed by atoms with E-state index in [4.69, 9.17) is 0 Å². The molecule has 11 heteroatoms. The molecule has 0 bridgehead atoms. The molecule has 0 spiro atoms. The summed E-state index contributed by atoms with van der Waals surface area (Å²) in [7, 11) is -0.602. The highest BCUT2D eigenvalue weighted by Gasteiger charge is 2.38. The van der Waals surface area contributed by atoms with Crippen molar-refractivity contribution in [2.75, 3.05) is 13.1 Å². The number of hydrogen-bond acceptors (Lipinski definition) is 4. The Hall–Kier alpha value is -1.88. The molecule has 7 nitrogen and oxygen atoms in total. The molecule has 0 radical (unpaired) electrons. The molecular formula is C15H20F3N5O2S. The van der Waals surface area contributed by atoms with Gasteiger partial charge in [0.2, 0.25) is 0 Å². The van der Waals surface area contributed by atoms with Crippen molar-refractivity contribution < 1.29 is 21.6 Å². The zero-order valence-electron chi connectivity index (χ0n) is 14.7. The molecule has 1 fully saturated rings. The predicted molar refractivity (Wildman–Crippen MR) is 86.9 cm³/mol. The highest BCUT2D eigenvalue weighted by atomic mass is 32.2. The minimum absolute atomic E-state index is 0.0472. The number of alkyl halides is 3. The fraction of sp³-hybridized carbons (Fsp3) is 0.600. The SMILES string of the molecule is Cc1nc(S(=O)(=O)N2CCCC(c3nc(C(F)(F)F)cn3C)C2)cn1C. The Kier molecular flexibility index (Phi) is 4.63. The number of halogens is 3. The molecule has 0 aliphatic carbocycles. The molecule has 0 aromatic carbocycles. The van der Waals surface area contributed by atoms with E-state index in [2.05, 4.69) is 9.97 Å². The molecule has 0 saturated carbocycles. The van der Waals surface area contributed by atoms with Crippen LogP contribution in [0.25, 0.3) is 0 Å². The van der Waals surface area contributed by atoms with Crippen LogP contribution in [0, 0.1) is 6.92 Å². The van der Waals surface area contributed by atoms with Crippen LogP contribution in [0.3, 0.4) is 0 Å². The first-order chi connectivity index (χ1) is 12.0. The molecule has 3 rings (SSSR count). The van der Waals surface area contributed by atoms with Crippen LogP contribution in [-0.4, -0.2) is 44.9 Å². The maximum Gasteiger partial charge on any atom is 0.434 e. The van der Waals surface area contributed by atoms with E-state index in [1.54, 1.807) is 18.5 Å². The topological polar surface area (TPSA) is 73.0 Å². The van der Waals surface area contributed by atoms with Gasteiger partial charge in [-0.2, -0.15) is 17.5 Å². The van der Waals surface area contributed by atoms with Crippen LogP contribution in [-0.2, 0) is 30.3 Å². The van der Waals surface area contributed by atoms with E-state index in [1.807, 2.05) is 0 Å². The summed E-state index contributed by atoms with van der Waals surface area (Å²) in [5.74, 6) is 0.412. The Morgan fingerprint density at radius 3 is 2.38 bits per heavy atom. The van der Waals surface area contributed by atoms with Gasteiger partial charge in [-0.3, -0.25) is 0 Å². The van der Waals surface area contributed by atoms with Crippen molar-refractivity contribution >= 4 is 10.0 Å². The number of imidazole rings is 2. The van der Waals surface area contributed by atoms with Crippen molar-refractivity contribution in [1.29, 1.82) is 0 Å². The molecule has 1 aliphatic heterocycles. The molecule has 2 aromatic heterocycles. The van der Waals surface area contributed by atoms with E-state index < -0.39 is 27.8 Å². The third-order valence-corrected chi connectivity index (χ3v) is 6.38. The number of aromatic nitrogens is 4. The summed E-state index contributed by atoms with van der Waals surface area (Å²) in [6.07, 6.45) is -1.02. The number of piperidine rings is 1. The monoisotopic (exact) mass is 391 g/mol. The molecular weight excluding hydrogens is 371 g/mol. The van der Waals surface area contributed by atoms with Gasteiger partial charge in [0.1, 0.15) is 11.6 Å². The number of sulfonamides is 1. The Morgan fingerprint density at radius 1 is 1.15 bits per heavy atom. The van der Waals surface area contributed by atoms with Gasteiger partial charge >= 0.3 is 6.18 Å². The third kappa shape index (κ3) is 3.37. The summed E-state index contributed by atoms with van der Waals surface area (Å²) in [6.45, 7) is 2.09. The highest BCUT2D eigenvalue weighted by Crippen LogP contribution is 2.33. The fourth-order valence-electron chi connectivity index (χ4n) is 3.15. The van der Waals surface area contributed by atoms with Gasteiger partial charge in [0.05, 0.1) is 0 Å². The maximum absolute atomic E-state index is 12.9. The van der Waals surface area contributed by atoms with Gasteiger partial charge in [-0.25, -0.2) is 18.4 Å². The molecule has 1 unspecified atom stereocenters. The van der Waals surface area contributed by atoms with Crippen LogP contribution in [0.5, 0.6) is 0 Å². The van der Waals surface area contributed by atoms with Crippen LogP contribution < -0.4 is 0 Å². The summed E-state index contributed by atoms with van der Waals surface area (Å²) in [5.41, 5.74) is -0.963. The second-order valence-electron chi connectivity index (χ2n) is 6.53. The molecule has 1 aliphatic rings. The summed E-state index contributed by atoms with van der Waals surface area (Å²) < 4.78 is 68.5. The lowest BCUT2D eigenvalue weighted by Gasteiger charge is -2.31. The highest BCUT2D eigenvalue weighted by molar-refractivity contribution is 7.89. The maximum atomic E-state index is 12.9. The van der Waals surface area contributed by atoms with Crippen molar-refractivity contribution in [3.05, 3.63) is 29.7 Å². The quantitative estimate of drug-likeness (QED) is 0.803. The van der Waals surface area contributed by atoms with Crippen molar-refractivity contribution in [1.82, 2.24) is 23.4 Å². The smallest absolute Gasteiger partial charge is 0.337 e. The van der Waals surface area contributed by atoms with E-state index >= 15 is 0 Å². The van der Waals surface area contributed by atoms with Crippen molar-refractivity contribution in [2.24, 2.45) is 14.1 Å². The van der Waals surface area contributed by atoms with E-state index in [9.17, 15) is 21.6 Å². The molecule has 2 aromatic rings. The molecule has 3 heterocycles. The van der Waals surface area contributed by atoms with Gasteiger partial charge in [0.25, 0.3) is 10.0 Å². The summed E-state index contributed by atoms with van der Waals surface area (Å²) >= 11 is 0. The van der Waals surface area contributed by atoms with Gasteiger partial charge in [0.15, 0.2) is 10.7 Å². The van der Waals surface area contributed by atoms with Crippen molar-refractivity contribution in [2.45, 2.75) is 36.9 Å². The number of hydrogen-bond donors (Lipinski definition) is 0. The van der Waals surface area contributed by atoms with Gasteiger partial charge < -0.3 is 9.13 Å². The third-order valence-electron chi connectivity index (χ3n) is 4.64. The molecule has 0 N–H and O–H groups in total. The van der Waals surface area contributed by atoms with E-state index in [0.717, 1.165) is 6.20 Å². The molecule has 0 amide bonds. The summed E-state index contributed by atoms with van der Waals surface area (Å²) in [6, 6.07) is 0. The van der Waals surface area contributed by atoms with Gasteiger partial charge in [-0.15, -0.1) is 0 Å². The van der Waals surface area contributed by atoms with Crippen LogP contribution in [0.15, 0.2) is 17.4 Å². The number of aryl methyl sites for hydroxylation is 3. The lowest BCUT2D eigenvalue weighted by molar-refractivity contribution is -0.141. The summed E-state index contributed by atoms with van der Waals surface area (Å²) in [4.78, 5) is 7.78. The van der Waals surface area contributed by atoms with Gasteiger partial charge in [0, 0.05) is 45.5 Å².